The predicted molar refractivity (Wildman–Crippen MR) is 92.2 cm³/mol. The number of carbonyl (C=O) groups is 2. The summed E-state index contributed by atoms with van der Waals surface area (Å²) in [5, 5.41) is 9.33. The lowest BCUT2D eigenvalue weighted by Gasteiger charge is -2.36. The Balaban J connectivity index is 2.48. The first kappa shape index (κ1) is 20.3. The van der Waals surface area contributed by atoms with E-state index in [1.807, 2.05) is 0 Å². The third-order valence-electron chi connectivity index (χ3n) is 4.55. The van der Waals surface area contributed by atoms with Gasteiger partial charge >= 0.3 is 11.9 Å². The number of esters is 1. The van der Waals surface area contributed by atoms with Gasteiger partial charge in [0.25, 0.3) is 0 Å². The Bertz CT molecular complexity index is 790. The van der Waals surface area contributed by atoms with Crippen LogP contribution in [0, 0.1) is 5.92 Å². The summed E-state index contributed by atoms with van der Waals surface area (Å²) in [7, 11) is -1.30. The predicted octanol–water partition coefficient (Wildman–Crippen LogP) is 1.49. The third-order valence-corrected chi connectivity index (χ3v) is 6.52. The fourth-order valence-electron chi connectivity index (χ4n) is 3.21. The number of methoxy groups -OCH3 is 2. The summed E-state index contributed by atoms with van der Waals surface area (Å²) in [4.78, 5) is 23.2. The molecular formula is C17H23NO7S. The van der Waals surface area contributed by atoms with Crippen molar-refractivity contribution in [3.8, 4) is 0 Å². The fraction of sp³-hybridized carbons (Fsp3) is 0.529. The van der Waals surface area contributed by atoms with Gasteiger partial charge in [-0.3, -0.25) is 4.79 Å². The molecule has 8 nitrogen and oxygen atoms in total. The van der Waals surface area contributed by atoms with E-state index in [1.165, 1.54) is 36.7 Å². The van der Waals surface area contributed by atoms with Gasteiger partial charge in [-0.1, -0.05) is 0 Å². The number of hydrogen-bond donors (Lipinski definition) is 1. The van der Waals surface area contributed by atoms with Gasteiger partial charge in [-0.15, -0.1) is 0 Å². The molecular weight excluding hydrogens is 362 g/mol. The molecule has 26 heavy (non-hydrogen) atoms. The fourth-order valence-corrected chi connectivity index (χ4v) is 5.01. The van der Waals surface area contributed by atoms with Crippen LogP contribution in [0.15, 0.2) is 23.1 Å². The van der Waals surface area contributed by atoms with Gasteiger partial charge in [0.05, 0.1) is 30.1 Å². The minimum atomic E-state index is -3.98. The lowest BCUT2D eigenvalue weighted by molar-refractivity contribution is -0.144. The summed E-state index contributed by atoms with van der Waals surface area (Å²) in [6.07, 6.45) is 0.891. The molecule has 1 aliphatic heterocycles. The van der Waals surface area contributed by atoms with Crippen molar-refractivity contribution in [2.45, 2.75) is 37.3 Å². The molecule has 1 heterocycles. The van der Waals surface area contributed by atoms with Crippen molar-refractivity contribution in [2.75, 3.05) is 20.8 Å². The normalized spacial score (nSPS) is 21.3. The minimum absolute atomic E-state index is 0.0784. The zero-order valence-corrected chi connectivity index (χ0v) is 15.8. The molecule has 0 saturated carbocycles. The van der Waals surface area contributed by atoms with Crippen LogP contribution < -0.4 is 0 Å². The van der Waals surface area contributed by atoms with Crippen molar-refractivity contribution in [2.24, 2.45) is 5.92 Å². The molecule has 2 atom stereocenters. The maximum Gasteiger partial charge on any atom is 0.337 e. The average Bonchev–Trinajstić information content (AvgIpc) is 2.60. The quantitative estimate of drug-likeness (QED) is 0.739. The zero-order chi connectivity index (χ0) is 19.5. The molecule has 0 aromatic heterocycles. The topological polar surface area (TPSA) is 110 Å². The Hall–Kier alpha value is -1.97. The van der Waals surface area contributed by atoms with Crippen LogP contribution in [0.3, 0.4) is 0 Å². The number of benzene rings is 1. The number of hydrogen-bond acceptors (Lipinski definition) is 6. The van der Waals surface area contributed by atoms with Gasteiger partial charge in [-0.2, -0.15) is 4.31 Å². The van der Waals surface area contributed by atoms with E-state index in [0.29, 0.717) is 18.4 Å². The average molecular weight is 385 g/mol. The van der Waals surface area contributed by atoms with Crippen LogP contribution in [0.25, 0.3) is 0 Å². The van der Waals surface area contributed by atoms with Crippen LogP contribution in [0.5, 0.6) is 0 Å². The van der Waals surface area contributed by atoms with Crippen molar-refractivity contribution in [1.82, 2.24) is 4.31 Å². The second kappa shape index (κ2) is 8.15. The second-order valence-corrected chi connectivity index (χ2v) is 8.12. The van der Waals surface area contributed by atoms with Crippen LogP contribution in [0.1, 0.15) is 35.7 Å². The van der Waals surface area contributed by atoms with E-state index in [9.17, 15) is 23.1 Å². The number of sulfonamides is 1. The maximum atomic E-state index is 13.1. The van der Waals surface area contributed by atoms with Crippen LogP contribution in [0.4, 0.5) is 0 Å². The monoisotopic (exact) mass is 385 g/mol. The molecule has 1 aromatic carbocycles. The Kier molecular flexibility index (Phi) is 6.38. The van der Waals surface area contributed by atoms with Crippen molar-refractivity contribution < 1.29 is 32.6 Å². The smallest absolute Gasteiger partial charge is 0.337 e. The first-order valence-corrected chi connectivity index (χ1v) is 9.62. The molecule has 1 fully saturated rings. The summed E-state index contributed by atoms with van der Waals surface area (Å²) >= 11 is 0. The minimum Gasteiger partial charge on any atom is -0.481 e. The van der Waals surface area contributed by atoms with Gasteiger partial charge in [0.2, 0.25) is 10.0 Å². The molecule has 0 unspecified atom stereocenters. The molecule has 1 aromatic rings. The molecule has 0 amide bonds. The van der Waals surface area contributed by atoms with E-state index < -0.39 is 33.9 Å². The first-order valence-electron chi connectivity index (χ1n) is 8.18. The van der Waals surface area contributed by atoms with E-state index in [1.54, 1.807) is 6.92 Å². The van der Waals surface area contributed by atoms with Crippen LogP contribution in [-0.4, -0.2) is 56.6 Å². The van der Waals surface area contributed by atoms with Gasteiger partial charge < -0.3 is 14.6 Å². The van der Waals surface area contributed by atoms with Crippen molar-refractivity contribution >= 4 is 22.0 Å². The lowest BCUT2D eigenvalue weighted by atomic mass is 9.92. The van der Waals surface area contributed by atoms with Gasteiger partial charge in [-0.25, -0.2) is 13.2 Å². The van der Waals surface area contributed by atoms with E-state index in [0.717, 1.165) is 0 Å². The molecule has 1 N–H and O–H groups in total. The Morgan fingerprint density at radius 3 is 2.54 bits per heavy atom. The summed E-state index contributed by atoms with van der Waals surface area (Å²) in [5.74, 6) is -2.43. The number of carbonyl (C=O) groups excluding carboxylic acids is 1. The number of carboxylic acid groups (broad SMARTS) is 1. The molecule has 0 bridgehead atoms. The number of piperidine rings is 1. The van der Waals surface area contributed by atoms with Crippen LogP contribution in [-0.2, 0) is 30.9 Å². The van der Waals surface area contributed by atoms with Gasteiger partial charge in [0.15, 0.2) is 0 Å². The lowest BCUT2D eigenvalue weighted by Crippen LogP contribution is -2.49. The SMILES string of the molecule is COCc1cc(C(=O)OC)cc(S(=O)(=O)N2CCC[C@H](C(=O)O)[C@@H]2C)c1. The second-order valence-electron chi connectivity index (χ2n) is 6.23. The number of rotatable bonds is 6. The van der Waals surface area contributed by atoms with Gasteiger partial charge in [0.1, 0.15) is 0 Å². The number of nitrogens with zero attached hydrogens (tertiary/aromatic N) is 1. The Morgan fingerprint density at radius 2 is 1.96 bits per heavy atom. The highest BCUT2D eigenvalue weighted by Gasteiger charge is 2.39. The molecule has 0 radical (unpaired) electrons. The standard InChI is InChI=1S/C17H23NO7S/c1-11-15(16(19)20)5-4-6-18(11)26(22,23)14-8-12(10-24-2)7-13(9-14)17(21)25-3/h7-9,11,15H,4-6,10H2,1-3H3,(H,19,20)/t11-,15-/m0/s1. The Labute approximate surface area is 152 Å². The molecule has 144 valence electrons. The molecule has 0 aliphatic carbocycles. The third kappa shape index (κ3) is 4.05. The van der Waals surface area contributed by atoms with Gasteiger partial charge in [0, 0.05) is 19.7 Å². The molecule has 2 rings (SSSR count). The van der Waals surface area contributed by atoms with Crippen molar-refractivity contribution in [3.63, 3.8) is 0 Å². The first-order chi connectivity index (χ1) is 12.2. The highest BCUT2D eigenvalue weighted by molar-refractivity contribution is 7.89. The summed E-state index contributed by atoms with van der Waals surface area (Å²) in [6, 6.07) is 3.51. The summed E-state index contributed by atoms with van der Waals surface area (Å²) in [6.45, 7) is 1.95. The van der Waals surface area contributed by atoms with Crippen LogP contribution >= 0.6 is 0 Å². The van der Waals surface area contributed by atoms with Crippen molar-refractivity contribution in [1.29, 1.82) is 0 Å². The Morgan fingerprint density at radius 1 is 1.27 bits per heavy atom. The maximum absolute atomic E-state index is 13.1. The van der Waals surface area contributed by atoms with Gasteiger partial charge in [-0.05, 0) is 43.5 Å². The zero-order valence-electron chi connectivity index (χ0n) is 15.0. The van der Waals surface area contributed by atoms with Crippen LogP contribution in [0.2, 0.25) is 0 Å². The van der Waals surface area contributed by atoms with E-state index in [2.05, 4.69) is 4.74 Å². The van der Waals surface area contributed by atoms with E-state index in [-0.39, 0.29) is 23.6 Å². The van der Waals surface area contributed by atoms with E-state index in [4.69, 9.17) is 4.74 Å². The highest BCUT2D eigenvalue weighted by atomic mass is 32.2. The van der Waals surface area contributed by atoms with Crippen molar-refractivity contribution in [3.05, 3.63) is 29.3 Å². The summed E-state index contributed by atoms with van der Waals surface area (Å²) in [5.41, 5.74) is 0.605. The number of carboxylic acids is 1. The number of aliphatic carboxylic acids is 1. The number of ether oxygens (including phenoxy) is 2. The molecule has 0 spiro atoms. The largest absolute Gasteiger partial charge is 0.481 e. The molecule has 1 saturated heterocycles. The highest BCUT2D eigenvalue weighted by Crippen LogP contribution is 2.30. The molecule has 9 heteroatoms. The molecule has 1 aliphatic rings. The van der Waals surface area contributed by atoms with E-state index >= 15 is 0 Å². The summed E-state index contributed by atoms with van der Waals surface area (Å²) < 4.78 is 37.2.